The molecule has 0 radical (unpaired) electrons. The molecule has 0 saturated carbocycles. The number of fused-ring (bicyclic) bond motifs is 1. The zero-order chi connectivity index (χ0) is 21.9. The third kappa shape index (κ3) is 4.57. The van der Waals surface area contributed by atoms with Gasteiger partial charge in [-0.25, -0.2) is 4.39 Å². The minimum absolute atomic E-state index is 0.127. The molecule has 32 heavy (non-hydrogen) atoms. The van der Waals surface area contributed by atoms with E-state index < -0.39 is 0 Å². The fourth-order valence-corrected chi connectivity index (χ4v) is 5.01. The van der Waals surface area contributed by atoms with Gasteiger partial charge in [0.05, 0.1) is 13.2 Å². The van der Waals surface area contributed by atoms with Crippen molar-refractivity contribution in [1.29, 1.82) is 0 Å². The summed E-state index contributed by atoms with van der Waals surface area (Å²) in [5, 5.41) is 1.20. The van der Waals surface area contributed by atoms with Gasteiger partial charge >= 0.3 is 0 Å². The number of para-hydroxylation sites is 1. The van der Waals surface area contributed by atoms with Gasteiger partial charge in [0.1, 0.15) is 5.82 Å². The number of piperidine rings is 1. The Morgan fingerprint density at radius 1 is 0.938 bits per heavy atom. The van der Waals surface area contributed by atoms with E-state index >= 15 is 0 Å². The van der Waals surface area contributed by atoms with E-state index in [0.717, 1.165) is 51.1 Å². The van der Waals surface area contributed by atoms with Crippen molar-refractivity contribution in [2.75, 3.05) is 39.4 Å². The number of halogens is 1. The van der Waals surface area contributed by atoms with Crippen molar-refractivity contribution in [2.24, 2.45) is 5.92 Å². The maximum atomic E-state index is 13.8. The molecule has 1 amide bonds. The average molecular weight is 436 g/mol. The SMILES string of the molecule is O=C(C1CCN(Cc2cc3ccccc3n2Cc2cccc(F)c2)CC1)N1CCOCC1. The van der Waals surface area contributed by atoms with Crippen LogP contribution >= 0.6 is 0 Å². The molecule has 5 rings (SSSR count). The van der Waals surface area contributed by atoms with E-state index in [0.29, 0.717) is 25.7 Å². The maximum absolute atomic E-state index is 13.8. The van der Waals surface area contributed by atoms with Crippen molar-refractivity contribution in [2.45, 2.75) is 25.9 Å². The van der Waals surface area contributed by atoms with Crippen molar-refractivity contribution in [3.05, 3.63) is 71.7 Å². The first-order chi connectivity index (χ1) is 15.7. The summed E-state index contributed by atoms with van der Waals surface area (Å²) in [4.78, 5) is 17.3. The standard InChI is InChI=1S/C26H30FN3O2/c27-23-6-3-4-20(16-23)18-30-24(17-22-5-1-2-7-25(22)30)19-28-10-8-21(9-11-28)26(31)29-12-14-32-15-13-29/h1-7,16-17,21H,8-15,18-19H2. The van der Waals surface area contributed by atoms with Crippen LogP contribution in [0.25, 0.3) is 10.9 Å². The molecule has 2 fully saturated rings. The molecule has 0 atom stereocenters. The van der Waals surface area contributed by atoms with E-state index in [9.17, 15) is 9.18 Å². The van der Waals surface area contributed by atoms with Gasteiger partial charge in [0.15, 0.2) is 0 Å². The zero-order valence-electron chi connectivity index (χ0n) is 18.4. The van der Waals surface area contributed by atoms with Crippen molar-refractivity contribution >= 4 is 16.8 Å². The van der Waals surface area contributed by atoms with E-state index in [1.165, 1.54) is 22.7 Å². The fourth-order valence-electron chi connectivity index (χ4n) is 5.01. The number of nitrogens with zero attached hydrogens (tertiary/aromatic N) is 3. The van der Waals surface area contributed by atoms with Crippen LogP contribution in [-0.4, -0.2) is 59.7 Å². The number of aromatic nitrogens is 1. The molecule has 2 aliphatic rings. The topological polar surface area (TPSA) is 37.7 Å². The van der Waals surface area contributed by atoms with E-state index in [-0.39, 0.29) is 11.7 Å². The molecule has 3 heterocycles. The predicted octanol–water partition coefficient (Wildman–Crippen LogP) is 3.90. The van der Waals surface area contributed by atoms with Gasteiger partial charge in [0, 0.05) is 43.3 Å². The Bertz CT molecular complexity index is 1080. The van der Waals surface area contributed by atoms with Gasteiger partial charge in [0.25, 0.3) is 0 Å². The predicted molar refractivity (Wildman–Crippen MR) is 123 cm³/mol. The van der Waals surface area contributed by atoms with E-state index in [4.69, 9.17) is 4.74 Å². The second kappa shape index (κ2) is 9.43. The monoisotopic (exact) mass is 435 g/mol. The number of morpholine rings is 1. The Labute approximate surface area is 188 Å². The first kappa shape index (κ1) is 21.2. The molecule has 6 heteroatoms. The van der Waals surface area contributed by atoms with Crippen LogP contribution in [0.4, 0.5) is 4.39 Å². The Kier molecular flexibility index (Phi) is 6.23. The lowest BCUT2D eigenvalue weighted by atomic mass is 9.95. The largest absolute Gasteiger partial charge is 0.378 e. The van der Waals surface area contributed by atoms with Crippen molar-refractivity contribution in [3.63, 3.8) is 0 Å². The summed E-state index contributed by atoms with van der Waals surface area (Å²) in [6, 6.07) is 17.5. The summed E-state index contributed by atoms with van der Waals surface area (Å²) in [7, 11) is 0. The van der Waals surface area contributed by atoms with Crippen LogP contribution in [-0.2, 0) is 22.6 Å². The van der Waals surface area contributed by atoms with Gasteiger partial charge in [-0.2, -0.15) is 0 Å². The average Bonchev–Trinajstić information content (AvgIpc) is 3.16. The summed E-state index contributed by atoms with van der Waals surface area (Å²) < 4.78 is 21.4. The van der Waals surface area contributed by atoms with Crippen LogP contribution in [0.2, 0.25) is 0 Å². The lowest BCUT2D eigenvalue weighted by Crippen LogP contribution is -2.46. The Morgan fingerprint density at radius 2 is 1.72 bits per heavy atom. The second-order valence-corrected chi connectivity index (χ2v) is 8.90. The number of carbonyl (C=O) groups excluding carboxylic acids is 1. The zero-order valence-corrected chi connectivity index (χ0v) is 18.4. The molecule has 5 nitrogen and oxygen atoms in total. The molecule has 0 aliphatic carbocycles. The van der Waals surface area contributed by atoms with Gasteiger partial charge in [0.2, 0.25) is 5.91 Å². The number of ether oxygens (including phenoxy) is 1. The summed E-state index contributed by atoms with van der Waals surface area (Å²) in [6.07, 6.45) is 1.81. The van der Waals surface area contributed by atoms with Crippen LogP contribution in [0.1, 0.15) is 24.1 Å². The third-order valence-electron chi connectivity index (χ3n) is 6.77. The van der Waals surface area contributed by atoms with Crippen molar-refractivity contribution < 1.29 is 13.9 Å². The van der Waals surface area contributed by atoms with Gasteiger partial charge in [-0.1, -0.05) is 30.3 Å². The van der Waals surface area contributed by atoms with Gasteiger partial charge in [-0.05, 0) is 61.1 Å². The number of benzene rings is 2. The highest BCUT2D eigenvalue weighted by atomic mass is 19.1. The molecule has 2 saturated heterocycles. The normalized spacial score (nSPS) is 18.3. The molecular weight excluding hydrogens is 405 g/mol. The smallest absolute Gasteiger partial charge is 0.225 e. The van der Waals surface area contributed by atoms with Crippen LogP contribution in [0.5, 0.6) is 0 Å². The van der Waals surface area contributed by atoms with Gasteiger partial charge in [-0.3, -0.25) is 9.69 Å². The summed E-state index contributed by atoms with van der Waals surface area (Å²) in [6.45, 7) is 6.07. The van der Waals surface area contributed by atoms with E-state index in [1.807, 2.05) is 11.0 Å². The van der Waals surface area contributed by atoms with Crippen molar-refractivity contribution in [3.8, 4) is 0 Å². The quantitative estimate of drug-likeness (QED) is 0.610. The molecule has 0 unspecified atom stereocenters. The van der Waals surface area contributed by atoms with Crippen LogP contribution in [0, 0.1) is 11.7 Å². The minimum atomic E-state index is -0.201. The molecule has 168 valence electrons. The number of carbonyl (C=O) groups is 1. The Hall–Kier alpha value is -2.70. The van der Waals surface area contributed by atoms with Gasteiger partial charge < -0.3 is 14.2 Å². The number of likely N-dealkylation sites (tertiary alicyclic amines) is 1. The highest BCUT2D eigenvalue weighted by molar-refractivity contribution is 5.81. The number of amides is 1. The molecule has 2 aliphatic heterocycles. The molecular formula is C26H30FN3O2. The molecule has 2 aromatic carbocycles. The maximum Gasteiger partial charge on any atom is 0.225 e. The molecule has 0 spiro atoms. The molecule has 0 bridgehead atoms. The summed E-state index contributed by atoms with van der Waals surface area (Å²) in [5.74, 6) is 0.225. The Morgan fingerprint density at radius 3 is 2.50 bits per heavy atom. The number of hydrogen-bond acceptors (Lipinski definition) is 3. The van der Waals surface area contributed by atoms with E-state index in [2.05, 4.69) is 39.8 Å². The molecule has 3 aromatic rings. The first-order valence-corrected chi connectivity index (χ1v) is 11.6. The molecule has 1 aromatic heterocycles. The highest BCUT2D eigenvalue weighted by Gasteiger charge is 2.29. The van der Waals surface area contributed by atoms with Crippen molar-refractivity contribution in [1.82, 2.24) is 14.4 Å². The minimum Gasteiger partial charge on any atom is -0.378 e. The fraction of sp³-hybridized carbons (Fsp3) is 0.423. The third-order valence-corrected chi connectivity index (χ3v) is 6.77. The lowest BCUT2D eigenvalue weighted by molar-refractivity contribution is -0.141. The highest BCUT2D eigenvalue weighted by Crippen LogP contribution is 2.26. The second-order valence-electron chi connectivity index (χ2n) is 8.90. The summed E-state index contributed by atoms with van der Waals surface area (Å²) >= 11 is 0. The summed E-state index contributed by atoms with van der Waals surface area (Å²) in [5.41, 5.74) is 3.36. The van der Waals surface area contributed by atoms with Crippen LogP contribution in [0.3, 0.4) is 0 Å². The molecule has 0 N–H and O–H groups in total. The first-order valence-electron chi connectivity index (χ1n) is 11.6. The van der Waals surface area contributed by atoms with Gasteiger partial charge in [-0.15, -0.1) is 0 Å². The Balaban J connectivity index is 1.29. The number of rotatable bonds is 5. The van der Waals surface area contributed by atoms with E-state index in [1.54, 1.807) is 12.1 Å². The lowest BCUT2D eigenvalue weighted by Gasteiger charge is -2.35. The number of hydrogen-bond donors (Lipinski definition) is 0. The van der Waals surface area contributed by atoms with Crippen LogP contribution in [0.15, 0.2) is 54.6 Å². The van der Waals surface area contributed by atoms with Crippen LogP contribution < -0.4 is 0 Å².